The van der Waals surface area contributed by atoms with E-state index >= 15 is 0 Å². The van der Waals surface area contributed by atoms with Gasteiger partial charge in [-0.2, -0.15) is 0 Å². The van der Waals surface area contributed by atoms with Gasteiger partial charge < -0.3 is 40.7 Å². The van der Waals surface area contributed by atoms with Crippen LogP contribution in [-0.4, -0.2) is 65.6 Å². The predicted molar refractivity (Wildman–Crippen MR) is 161 cm³/mol. The largest absolute Gasteiger partial charge is 0.480 e. The normalized spacial score (nSPS) is 12.2. The number of nitrogens with two attached hydrogens (primary N) is 1. The molecule has 0 aliphatic carbocycles. The lowest BCUT2D eigenvalue weighted by Crippen LogP contribution is -2.44. The third-order valence-corrected chi connectivity index (χ3v) is 6.03. The smallest absolute Gasteiger partial charge is 0.408 e. The number of carbonyl (C=O) groups is 4. The van der Waals surface area contributed by atoms with Gasteiger partial charge in [-0.05, 0) is 63.8 Å². The maximum absolute atomic E-state index is 11.9. The molecule has 43 heavy (non-hydrogen) atoms. The number of nitrogens with one attached hydrogen (secondary N) is 3. The third-order valence-electron chi connectivity index (χ3n) is 6.03. The van der Waals surface area contributed by atoms with E-state index in [0.29, 0.717) is 13.0 Å². The molecule has 0 saturated heterocycles. The van der Waals surface area contributed by atoms with Crippen molar-refractivity contribution >= 4 is 35.0 Å². The van der Waals surface area contributed by atoms with Crippen LogP contribution in [0.2, 0.25) is 0 Å². The summed E-state index contributed by atoms with van der Waals surface area (Å²) in [5.74, 6) is -1.58. The fourth-order valence-corrected chi connectivity index (χ4v) is 3.96. The molecule has 1 aromatic heterocycles. The molecule has 1 heterocycles. The number of esters is 1. The molecule has 2 unspecified atom stereocenters. The van der Waals surface area contributed by atoms with E-state index in [0.717, 1.165) is 34.9 Å². The molecule has 234 valence electrons. The molecule has 2 aromatic carbocycles. The quantitative estimate of drug-likeness (QED) is 0.115. The van der Waals surface area contributed by atoms with Crippen LogP contribution in [0.1, 0.15) is 51.2 Å². The van der Waals surface area contributed by atoms with E-state index in [9.17, 15) is 24.3 Å². The zero-order valence-electron chi connectivity index (χ0n) is 25.1. The number of amides is 2. The van der Waals surface area contributed by atoms with Crippen molar-refractivity contribution in [2.75, 3.05) is 13.7 Å². The molecular formula is C31H42N4O8. The van der Waals surface area contributed by atoms with Gasteiger partial charge in [-0.3, -0.25) is 0 Å². The highest BCUT2D eigenvalue weighted by molar-refractivity contribution is 5.85. The first-order chi connectivity index (χ1) is 20.4. The lowest BCUT2D eigenvalue weighted by atomic mass is 10.1. The number of benzene rings is 2. The molecule has 0 aliphatic heterocycles. The average molecular weight is 599 g/mol. The Labute approximate surface area is 251 Å². The highest BCUT2D eigenvalue weighted by Gasteiger charge is 2.25. The van der Waals surface area contributed by atoms with Crippen molar-refractivity contribution in [1.82, 2.24) is 15.6 Å². The summed E-state index contributed by atoms with van der Waals surface area (Å²) in [7, 11) is 1.29. The van der Waals surface area contributed by atoms with E-state index in [1.807, 2.05) is 54.6 Å². The average Bonchev–Trinajstić information content (AvgIpc) is 3.37. The Kier molecular flexibility index (Phi) is 14.0. The molecule has 12 nitrogen and oxygen atoms in total. The number of unbranched alkanes of at least 4 members (excludes halogenated alkanes) is 1. The summed E-state index contributed by atoms with van der Waals surface area (Å²) >= 11 is 0. The molecular weight excluding hydrogens is 556 g/mol. The number of hydrogen-bond acceptors (Lipinski definition) is 8. The van der Waals surface area contributed by atoms with Crippen LogP contribution in [0.3, 0.4) is 0 Å². The first-order valence-electron chi connectivity index (χ1n) is 14.0. The number of carbonyl (C=O) groups excluding carboxylic acids is 3. The van der Waals surface area contributed by atoms with Crippen LogP contribution in [0.15, 0.2) is 60.8 Å². The number of carboxylic acid groups (broad SMARTS) is 1. The third kappa shape index (κ3) is 12.9. The van der Waals surface area contributed by atoms with Gasteiger partial charge >= 0.3 is 24.1 Å². The van der Waals surface area contributed by atoms with Crippen LogP contribution in [0.5, 0.6) is 0 Å². The number of para-hydroxylation sites is 1. The van der Waals surface area contributed by atoms with Gasteiger partial charge in [0.25, 0.3) is 0 Å². The van der Waals surface area contributed by atoms with E-state index in [4.69, 9.17) is 15.2 Å². The molecule has 2 atom stereocenters. The van der Waals surface area contributed by atoms with Gasteiger partial charge in [0.1, 0.15) is 24.3 Å². The number of methoxy groups -OCH3 is 1. The zero-order valence-corrected chi connectivity index (χ0v) is 25.1. The molecule has 3 aromatic rings. The molecule has 2 amide bonds. The molecule has 0 bridgehead atoms. The Morgan fingerprint density at radius 1 is 0.930 bits per heavy atom. The van der Waals surface area contributed by atoms with Gasteiger partial charge in [0.15, 0.2) is 0 Å². The highest BCUT2D eigenvalue weighted by Crippen LogP contribution is 2.19. The number of H-pyrrole nitrogens is 1. The maximum atomic E-state index is 11.9. The summed E-state index contributed by atoms with van der Waals surface area (Å²) < 4.78 is 14.8. The second-order valence-corrected chi connectivity index (χ2v) is 10.7. The number of ether oxygens (including phenoxy) is 3. The lowest BCUT2D eigenvalue weighted by molar-refractivity contribution is -0.143. The number of alkyl carbamates (subject to hydrolysis) is 2. The molecule has 0 radical (unpaired) electrons. The maximum Gasteiger partial charge on any atom is 0.408 e. The molecule has 0 saturated carbocycles. The van der Waals surface area contributed by atoms with Crippen molar-refractivity contribution in [1.29, 1.82) is 0 Å². The summed E-state index contributed by atoms with van der Waals surface area (Å²) in [5.41, 5.74) is 7.37. The Bertz CT molecular complexity index is 1320. The van der Waals surface area contributed by atoms with E-state index in [1.165, 1.54) is 7.11 Å². The minimum atomic E-state index is -1.11. The number of aliphatic carboxylic acids is 1. The first-order valence-corrected chi connectivity index (χ1v) is 14.0. The Morgan fingerprint density at radius 2 is 1.58 bits per heavy atom. The zero-order chi connectivity index (χ0) is 31.8. The molecule has 0 aliphatic rings. The van der Waals surface area contributed by atoms with Gasteiger partial charge in [0.05, 0.1) is 7.11 Å². The van der Waals surface area contributed by atoms with Gasteiger partial charge in [0, 0.05) is 23.5 Å². The minimum absolute atomic E-state index is 0.0894. The van der Waals surface area contributed by atoms with Crippen molar-refractivity contribution in [2.45, 2.75) is 70.7 Å². The predicted octanol–water partition coefficient (Wildman–Crippen LogP) is 4.27. The molecule has 0 fully saturated rings. The fourth-order valence-electron chi connectivity index (χ4n) is 3.96. The van der Waals surface area contributed by atoms with Crippen molar-refractivity contribution in [2.24, 2.45) is 5.73 Å². The lowest BCUT2D eigenvalue weighted by Gasteiger charge is -2.22. The monoisotopic (exact) mass is 598 g/mol. The fraction of sp³-hybridized carbons (Fsp3) is 0.419. The topological polar surface area (TPSA) is 182 Å². The summed E-state index contributed by atoms with van der Waals surface area (Å²) in [4.78, 5) is 49.5. The second kappa shape index (κ2) is 17.4. The van der Waals surface area contributed by atoms with Crippen molar-refractivity contribution < 1.29 is 38.5 Å². The molecule has 12 heteroatoms. The standard InChI is InChI=1S/C19H18N2O4.C12H24N2O4/c22-18(23)17(10-14-11-20-16-9-5-4-8-15(14)16)21-19(24)25-12-13-6-2-1-3-7-13;1-12(2,3)18-11(16)14-9(10(15)17-4)7-5-6-8-13/h1-9,11,17,20H,10,12H2,(H,21,24)(H,22,23);9H,5-8,13H2,1-4H3,(H,14,16). The molecule has 0 spiro atoms. The van der Waals surface area contributed by atoms with Crippen LogP contribution in [-0.2, 0) is 36.8 Å². The van der Waals surface area contributed by atoms with Crippen LogP contribution in [0, 0.1) is 0 Å². The van der Waals surface area contributed by atoms with E-state index in [-0.39, 0.29) is 13.0 Å². The number of carboxylic acids is 1. The number of aromatic nitrogens is 1. The van der Waals surface area contributed by atoms with Crippen molar-refractivity contribution in [3.05, 3.63) is 71.9 Å². The summed E-state index contributed by atoms with van der Waals surface area (Å²) in [6, 6.07) is 15.1. The van der Waals surface area contributed by atoms with Crippen LogP contribution in [0.4, 0.5) is 9.59 Å². The summed E-state index contributed by atoms with van der Waals surface area (Å²) in [6.07, 6.45) is 2.58. The second-order valence-electron chi connectivity index (χ2n) is 10.7. The van der Waals surface area contributed by atoms with Crippen molar-refractivity contribution in [3.63, 3.8) is 0 Å². The Hall–Kier alpha value is -4.58. The molecule has 3 rings (SSSR count). The van der Waals surface area contributed by atoms with E-state index in [2.05, 4.69) is 20.4 Å². The van der Waals surface area contributed by atoms with Crippen LogP contribution >= 0.6 is 0 Å². The van der Waals surface area contributed by atoms with E-state index in [1.54, 1.807) is 27.0 Å². The first kappa shape index (κ1) is 34.6. The number of hydrogen-bond donors (Lipinski definition) is 5. The van der Waals surface area contributed by atoms with Gasteiger partial charge in [0.2, 0.25) is 0 Å². The molecule has 6 N–H and O–H groups in total. The van der Waals surface area contributed by atoms with Crippen molar-refractivity contribution in [3.8, 4) is 0 Å². The van der Waals surface area contributed by atoms with Crippen LogP contribution < -0.4 is 16.4 Å². The number of aromatic amines is 1. The Balaban J connectivity index is 0.000000320. The Morgan fingerprint density at radius 3 is 2.21 bits per heavy atom. The van der Waals surface area contributed by atoms with Gasteiger partial charge in [-0.1, -0.05) is 48.5 Å². The van der Waals surface area contributed by atoms with Gasteiger partial charge in [-0.25, -0.2) is 19.2 Å². The van der Waals surface area contributed by atoms with Crippen LogP contribution in [0.25, 0.3) is 10.9 Å². The summed E-state index contributed by atoms with van der Waals surface area (Å²) in [6.45, 7) is 5.92. The minimum Gasteiger partial charge on any atom is -0.480 e. The number of rotatable bonds is 12. The summed E-state index contributed by atoms with van der Waals surface area (Å²) in [5, 5.41) is 15.3. The number of fused-ring (bicyclic) bond motifs is 1. The highest BCUT2D eigenvalue weighted by atomic mass is 16.6. The van der Waals surface area contributed by atoms with Gasteiger partial charge in [-0.15, -0.1) is 0 Å². The van der Waals surface area contributed by atoms with E-state index < -0.39 is 41.8 Å². The SMILES string of the molecule is COC(=O)C(CCCCN)NC(=O)OC(C)(C)C.O=C(NC(Cc1c[nH]c2ccccc12)C(=O)O)OCc1ccccc1.